The van der Waals surface area contributed by atoms with Crippen molar-refractivity contribution in [2.75, 3.05) is 18.8 Å². The predicted molar refractivity (Wildman–Crippen MR) is 78.6 cm³/mol. The van der Waals surface area contributed by atoms with Gasteiger partial charge in [-0.3, -0.25) is 4.79 Å². The van der Waals surface area contributed by atoms with Crippen LogP contribution in [0.2, 0.25) is 0 Å². The van der Waals surface area contributed by atoms with Crippen molar-refractivity contribution >= 4 is 22.4 Å². The van der Waals surface area contributed by atoms with E-state index >= 15 is 0 Å². The Hall–Kier alpha value is -1.95. The minimum absolute atomic E-state index is 0.112. The van der Waals surface area contributed by atoms with Crippen molar-refractivity contribution in [1.82, 2.24) is 15.1 Å². The van der Waals surface area contributed by atoms with Crippen molar-refractivity contribution in [3.05, 3.63) is 40.9 Å². The lowest BCUT2D eigenvalue weighted by molar-refractivity contribution is 0.0713. The number of rotatable bonds is 2. The van der Waals surface area contributed by atoms with Crippen molar-refractivity contribution in [2.24, 2.45) is 0 Å². The molecule has 0 aliphatic carbocycles. The van der Waals surface area contributed by atoms with Crippen LogP contribution in [0.4, 0.5) is 5.13 Å². The predicted octanol–water partition coefficient (Wildman–Crippen LogP) is 2.14. The Labute approximate surface area is 121 Å². The average Bonchev–Trinajstić information content (AvgIpc) is 2.94. The number of anilines is 1. The molecule has 0 unspecified atom stereocenters. The standard InChI is InChI=1S/C14H16N4OS/c15-14-17-16-12(20-14)10-6-8-18(9-7-10)13(19)11-4-2-1-3-5-11/h1-5,10H,6-9H2,(H2,15,17). The van der Waals surface area contributed by atoms with Gasteiger partial charge in [-0.25, -0.2) is 0 Å². The maximum Gasteiger partial charge on any atom is 0.253 e. The lowest BCUT2D eigenvalue weighted by Gasteiger charge is -2.31. The number of nitrogens with zero attached hydrogens (tertiary/aromatic N) is 3. The second-order valence-corrected chi connectivity index (χ2v) is 5.95. The van der Waals surface area contributed by atoms with Crippen molar-refractivity contribution < 1.29 is 4.79 Å². The fourth-order valence-electron chi connectivity index (χ4n) is 2.50. The number of amides is 1. The zero-order chi connectivity index (χ0) is 13.9. The summed E-state index contributed by atoms with van der Waals surface area (Å²) in [6.45, 7) is 1.52. The first kappa shape index (κ1) is 13.1. The number of aromatic nitrogens is 2. The molecule has 3 rings (SSSR count). The lowest BCUT2D eigenvalue weighted by Crippen LogP contribution is -2.37. The van der Waals surface area contributed by atoms with Gasteiger partial charge in [-0.2, -0.15) is 0 Å². The molecule has 0 bridgehead atoms. The van der Waals surface area contributed by atoms with Gasteiger partial charge in [0.15, 0.2) is 0 Å². The van der Waals surface area contributed by atoms with Crippen molar-refractivity contribution in [2.45, 2.75) is 18.8 Å². The minimum atomic E-state index is 0.112. The lowest BCUT2D eigenvalue weighted by atomic mass is 9.97. The summed E-state index contributed by atoms with van der Waals surface area (Å²) >= 11 is 1.45. The molecule has 0 saturated carbocycles. The van der Waals surface area contributed by atoms with Crippen LogP contribution in [0.25, 0.3) is 0 Å². The Morgan fingerprint density at radius 3 is 2.50 bits per heavy atom. The van der Waals surface area contributed by atoms with Gasteiger partial charge in [-0.05, 0) is 25.0 Å². The molecule has 1 aromatic carbocycles. The number of carbonyl (C=O) groups is 1. The molecule has 0 atom stereocenters. The summed E-state index contributed by atoms with van der Waals surface area (Å²) in [6, 6.07) is 9.43. The largest absolute Gasteiger partial charge is 0.374 e. The molecule has 1 aliphatic heterocycles. The molecule has 1 aromatic heterocycles. The van der Waals surface area contributed by atoms with Crippen LogP contribution in [0.15, 0.2) is 30.3 Å². The highest BCUT2D eigenvalue weighted by Gasteiger charge is 2.26. The molecule has 2 aromatic rings. The quantitative estimate of drug-likeness (QED) is 0.919. The van der Waals surface area contributed by atoms with Crippen LogP contribution < -0.4 is 5.73 Å². The van der Waals surface area contributed by atoms with E-state index in [2.05, 4.69) is 10.2 Å². The first-order chi connectivity index (χ1) is 9.74. The van der Waals surface area contributed by atoms with E-state index in [1.165, 1.54) is 11.3 Å². The number of hydrogen-bond donors (Lipinski definition) is 1. The number of hydrogen-bond acceptors (Lipinski definition) is 5. The first-order valence-corrected chi connectivity index (χ1v) is 7.49. The molecular weight excluding hydrogens is 272 g/mol. The van der Waals surface area contributed by atoms with Crippen LogP contribution in [0.3, 0.4) is 0 Å². The summed E-state index contributed by atoms with van der Waals surface area (Å²) in [5.41, 5.74) is 6.37. The number of carbonyl (C=O) groups excluding carboxylic acids is 1. The molecule has 2 heterocycles. The zero-order valence-corrected chi connectivity index (χ0v) is 11.8. The number of nitrogen functional groups attached to an aromatic ring is 1. The fourth-order valence-corrected chi connectivity index (χ4v) is 3.28. The topological polar surface area (TPSA) is 72.1 Å². The van der Waals surface area contributed by atoms with Crippen molar-refractivity contribution in [1.29, 1.82) is 0 Å². The molecule has 0 spiro atoms. The summed E-state index contributed by atoms with van der Waals surface area (Å²) in [7, 11) is 0. The maximum absolute atomic E-state index is 12.3. The highest BCUT2D eigenvalue weighted by molar-refractivity contribution is 7.15. The van der Waals surface area contributed by atoms with E-state index in [1.54, 1.807) is 0 Å². The van der Waals surface area contributed by atoms with Crippen molar-refractivity contribution in [3.8, 4) is 0 Å². The Morgan fingerprint density at radius 1 is 1.20 bits per heavy atom. The van der Waals surface area contributed by atoms with Gasteiger partial charge in [0.05, 0.1) is 0 Å². The molecule has 2 N–H and O–H groups in total. The van der Waals surface area contributed by atoms with E-state index in [1.807, 2.05) is 35.2 Å². The summed E-state index contributed by atoms with van der Waals surface area (Å²) in [6.07, 6.45) is 1.85. The third kappa shape index (κ3) is 2.65. The number of nitrogens with two attached hydrogens (primary N) is 1. The molecule has 1 amide bonds. The van der Waals surface area contributed by atoms with E-state index in [0.717, 1.165) is 36.5 Å². The third-order valence-electron chi connectivity index (χ3n) is 3.61. The molecule has 1 aliphatic rings. The summed E-state index contributed by atoms with van der Waals surface area (Å²) < 4.78 is 0. The van der Waals surface area contributed by atoms with Gasteiger partial charge in [-0.1, -0.05) is 29.5 Å². The van der Waals surface area contributed by atoms with Crippen LogP contribution in [0, 0.1) is 0 Å². The van der Waals surface area contributed by atoms with E-state index in [9.17, 15) is 4.79 Å². The second kappa shape index (κ2) is 5.58. The van der Waals surface area contributed by atoms with Crippen molar-refractivity contribution in [3.63, 3.8) is 0 Å². The Bertz CT molecular complexity index is 590. The Balaban J connectivity index is 1.63. The molecular formula is C14H16N4OS. The van der Waals surface area contributed by atoms with E-state index in [-0.39, 0.29) is 5.91 Å². The van der Waals surface area contributed by atoms with Gasteiger partial charge in [-0.15, -0.1) is 10.2 Å². The molecule has 5 nitrogen and oxygen atoms in total. The highest BCUT2D eigenvalue weighted by atomic mass is 32.1. The van der Waals surface area contributed by atoms with Crippen LogP contribution >= 0.6 is 11.3 Å². The number of likely N-dealkylation sites (tertiary alicyclic amines) is 1. The van der Waals surface area contributed by atoms with E-state index < -0.39 is 0 Å². The van der Waals surface area contributed by atoms with Gasteiger partial charge < -0.3 is 10.6 Å². The minimum Gasteiger partial charge on any atom is -0.374 e. The molecule has 1 fully saturated rings. The SMILES string of the molecule is Nc1nnc(C2CCN(C(=O)c3ccccc3)CC2)s1. The molecule has 1 saturated heterocycles. The summed E-state index contributed by atoms with van der Waals surface area (Å²) in [4.78, 5) is 14.2. The van der Waals surface area contributed by atoms with Crippen LogP contribution in [-0.4, -0.2) is 34.1 Å². The van der Waals surface area contributed by atoms with Crippen LogP contribution in [-0.2, 0) is 0 Å². The highest BCUT2D eigenvalue weighted by Crippen LogP contribution is 2.31. The molecule has 104 valence electrons. The Morgan fingerprint density at radius 2 is 1.90 bits per heavy atom. The molecule has 20 heavy (non-hydrogen) atoms. The van der Waals surface area contributed by atoms with Gasteiger partial charge in [0.25, 0.3) is 5.91 Å². The monoisotopic (exact) mass is 288 g/mol. The summed E-state index contributed by atoms with van der Waals surface area (Å²) in [5.74, 6) is 0.491. The maximum atomic E-state index is 12.3. The van der Waals surface area contributed by atoms with Gasteiger partial charge in [0.1, 0.15) is 5.01 Å². The van der Waals surface area contributed by atoms with Gasteiger partial charge in [0.2, 0.25) is 5.13 Å². The Kier molecular flexibility index (Phi) is 3.64. The van der Waals surface area contributed by atoms with Gasteiger partial charge >= 0.3 is 0 Å². The molecule has 6 heteroatoms. The smallest absolute Gasteiger partial charge is 0.253 e. The summed E-state index contributed by atoms with van der Waals surface area (Å²) in [5, 5.41) is 9.48. The fraction of sp³-hybridized carbons (Fsp3) is 0.357. The van der Waals surface area contributed by atoms with Gasteiger partial charge in [0, 0.05) is 24.6 Å². The molecule has 0 radical (unpaired) electrons. The van der Waals surface area contributed by atoms with E-state index in [4.69, 9.17) is 5.73 Å². The zero-order valence-electron chi connectivity index (χ0n) is 11.0. The van der Waals surface area contributed by atoms with Crippen LogP contribution in [0.1, 0.15) is 34.1 Å². The third-order valence-corrected chi connectivity index (χ3v) is 4.52. The van der Waals surface area contributed by atoms with Crippen LogP contribution in [0.5, 0.6) is 0 Å². The average molecular weight is 288 g/mol. The first-order valence-electron chi connectivity index (χ1n) is 6.67. The second-order valence-electron chi connectivity index (χ2n) is 4.91. The normalized spacial score (nSPS) is 16.3. The van der Waals surface area contributed by atoms with E-state index in [0.29, 0.717) is 11.0 Å². The number of piperidine rings is 1. The number of benzene rings is 1.